The Morgan fingerprint density at radius 1 is 0.935 bits per heavy atom. The van der Waals surface area contributed by atoms with Gasteiger partial charge in [0.15, 0.2) is 0 Å². The molecule has 4 aromatic rings. The number of anilines is 1. The fourth-order valence-corrected chi connectivity index (χ4v) is 4.11. The summed E-state index contributed by atoms with van der Waals surface area (Å²) in [5.41, 5.74) is 6.85. The number of methoxy groups -OCH3 is 2. The van der Waals surface area contributed by atoms with Crippen LogP contribution in [0.3, 0.4) is 0 Å². The number of nitrogens with zero attached hydrogens (tertiary/aromatic N) is 2. The van der Waals surface area contributed by atoms with Gasteiger partial charge in [0, 0.05) is 22.2 Å². The molecule has 5 nitrogen and oxygen atoms in total. The average molecular weight is 450 g/mol. The summed E-state index contributed by atoms with van der Waals surface area (Å²) < 4.78 is 10.7. The molecule has 0 aliphatic heterocycles. The molecule has 0 unspecified atom stereocenters. The van der Waals surface area contributed by atoms with Crippen LogP contribution in [-0.2, 0) is 0 Å². The predicted octanol–water partition coefficient (Wildman–Crippen LogP) is 6.59. The lowest BCUT2D eigenvalue weighted by Crippen LogP contribution is -1.95. The van der Waals surface area contributed by atoms with Gasteiger partial charge in [-0.25, -0.2) is 4.98 Å². The lowest BCUT2D eigenvalue weighted by atomic mass is 10.1. The Morgan fingerprint density at radius 2 is 1.71 bits per heavy atom. The Labute approximate surface area is 190 Å². The molecule has 0 bridgehead atoms. The average Bonchev–Trinajstić information content (AvgIpc) is 3.24. The Hall–Kier alpha value is -3.35. The van der Waals surface area contributed by atoms with Crippen LogP contribution >= 0.6 is 22.9 Å². The lowest BCUT2D eigenvalue weighted by Gasteiger charge is -2.06. The van der Waals surface area contributed by atoms with Gasteiger partial charge in [-0.3, -0.25) is 5.43 Å². The number of ether oxygens (including phenoxy) is 2. The summed E-state index contributed by atoms with van der Waals surface area (Å²) in [7, 11) is 3.24. The molecule has 0 aliphatic rings. The Balaban J connectivity index is 1.64. The van der Waals surface area contributed by atoms with Crippen molar-refractivity contribution in [1.29, 1.82) is 0 Å². The van der Waals surface area contributed by atoms with Gasteiger partial charge in [0.05, 0.1) is 31.0 Å². The summed E-state index contributed by atoms with van der Waals surface area (Å²) in [4.78, 5) is 5.84. The number of halogens is 1. The highest BCUT2D eigenvalue weighted by Crippen LogP contribution is 2.39. The van der Waals surface area contributed by atoms with Crippen molar-refractivity contribution < 1.29 is 9.47 Å². The number of thiazole rings is 1. The summed E-state index contributed by atoms with van der Waals surface area (Å²) in [5, 5.41) is 5.74. The number of nitrogens with one attached hydrogen (secondary N) is 1. The highest BCUT2D eigenvalue weighted by molar-refractivity contribution is 7.19. The first kappa shape index (κ1) is 20.9. The minimum absolute atomic E-state index is 0.677. The van der Waals surface area contributed by atoms with Crippen LogP contribution in [-0.4, -0.2) is 25.4 Å². The van der Waals surface area contributed by atoms with Gasteiger partial charge in [-0.15, -0.1) is 0 Å². The lowest BCUT2D eigenvalue weighted by molar-refractivity contribution is 0.394. The quantitative estimate of drug-likeness (QED) is 0.255. The van der Waals surface area contributed by atoms with Gasteiger partial charge in [-0.2, -0.15) is 5.10 Å². The molecule has 4 rings (SSSR count). The fraction of sp³-hybridized carbons (Fsp3) is 0.0833. The molecule has 3 aromatic carbocycles. The molecule has 0 radical (unpaired) electrons. The van der Waals surface area contributed by atoms with E-state index in [4.69, 9.17) is 26.1 Å². The highest BCUT2D eigenvalue weighted by atomic mass is 35.5. The number of hydrazone groups is 1. The van der Waals surface area contributed by atoms with Crippen molar-refractivity contribution in [2.24, 2.45) is 5.10 Å². The van der Waals surface area contributed by atoms with Crippen LogP contribution in [0.2, 0.25) is 5.02 Å². The van der Waals surface area contributed by atoms with Crippen LogP contribution in [0.1, 0.15) is 5.56 Å². The van der Waals surface area contributed by atoms with E-state index < -0.39 is 0 Å². The second-order valence-corrected chi connectivity index (χ2v) is 7.98. The number of aromatic nitrogens is 1. The summed E-state index contributed by atoms with van der Waals surface area (Å²) >= 11 is 7.61. The molecule has 0 saturated carbocycles. The number of hydrogen-bond donors (Lipinski definition) is 1. The van der Waals surface area contributed by atoms with Gasteiger partial charge >= 0.3 is 0 Å². The molecule has 0 aliphatic carbocycles. The second kappa shape index (κ2) is 9.64. The summed E-state index contributed by atoms with van der Waals surface area (Å²) in [6, 6.07) is 23.4. The minimum atomic E-state index is 0.677. The monoisotopic (exact) mass is 449 g/mol. The normalized spacial score (nSPS) is 10.9. The maximum absolute atomic E-state index is 6.06. The first-order valence-corrected chi connectivity index (χ1v) is 10.7. The first-order valence-electron chi connectivity index (χ1n) is 9.51. The number of rotatable bonds is 7. The first-order chi connectivity index (χ1) is 15.2. The second-order valence-electron chi connectivity index (χ2n) is 6.55. The third-order valence-electron chi connectivity index (χ3n) is 4.59. The van der Waals surface area contributed by atoms with Crippen molar-refractivity contribution in [3.8, 4) is 33.2 Å². The number of benzene rings is 3. The van der Waals surface area contributed by atoms with Gasteiger partial charge in [-0.1, -0.05) is 65.4 Å². The van der Waals surface area contributed by atoms with E-state index in [-0.39, 0.29) is 0 Å². The molecule has 0 fully saturated rings. The summed E-state index contributed by atoms with van der Waals surface area (Å²) in [5.74, 6) is 1.40. The van der Waals surface area contributed by atoms with Gasteiger partial charge in [0.2, 0.25) is 5.13 Å². The molecule has 156 valence electrons. The third kappa shape index (κ3) is 4.87. The molecule has 7 heteroatoms. The van der Waals surface area contributed by atoms with Crippen LogP contribution in [0.4, 0.5) is 5.13 Å². The molecule has 1 heterocycles. The molecule has 1 N–H and O–H groups in total. The molecular weight excluding hydrogens is 430 g/mol. The van der Waals surface area contributed by atoms with Crippen molar-refractivity contribution in [1.82, 2.24) is 4.98 Å². The molecule has 0 amide bonds. The van der Waals surface area contributed by atoms with Gasteiger partial charge in [-0.05, 0) is 29.8 Å². The van der Waals surface area contributed by atoms with Gasteiger partial charge in [0.1, 0.15) is 11.5 Å². The van der Waals surface area contributed by atoms with Crippen molar-refractivity contribution in [3.63, 3.8) is 0 Å². The van der Waals surface area contributed by atoms with E-state index >= 15 is 0 Å². The zero-order valence-corrected chi connectivity index (χ0v) is 18.6. The van der Waals surface area contributed by atoms with Crippen molar-refractivity contribution >= 4 is 34.3 Å². The molecular formula is C24H20ClN3O2S. The van der Waals surface area contributed by atoms with Crippen LogP contribution in [0.15, 0.2) is 77.9 Å². The fourth-order valence-electron chi connectivity index (χ4n) is 3.04. The smallest absolute Gasteiger partial charge is 0.204 e. The topological polar surface area (TPSA) is 55.7 Å². The molecule has 31 heavy (non-hydrogen) atoms. The standard InChI is InChI=1S/C24H20ClN3O2S/c1-29-20-13-10-18(21(14-20)30-2)15-26-28-24-27-22(16-8-11-19(25)12-9-16)23(31-24)17-6-4-3-5-7-17/h3-15H,1-2H3,(H,27,28)/b26-15-. The van der Waals surface area contributed by atoms with Gasteiger partial charge < -0.3 is 9.47 Å². The maximum atomic E-state index is 6.06. The zero-order valence-electron chi connectivity index (χ0n) is 17.0. The van der Waals surface area contributed by atoms with Gasteiger partial charge in [0.25, 0.3) is 0 Å². The van der Waals surface area contributed by atoms with Crippen molar-refractivity contribution in [2.75, 3.05) is 19.6 Å². The van der Waals surface area contributed by atoms with Crippen molar-refractivity contribution in [2.45, 2.75) is 0 Å². The predicted molar refractivity (Wildman–Crippen MR) is 129 cm³/mol. The SMILES string of the molecule is COc1ccc(/C=N\Nc2nc(-c3ccc(Cl)cc3)c(-c3ccccc3)s2)c(OC)c1. The zero-order chi connectivity index (χ0) is 21.6. The largest absolute Gasteiger partial charge is 0.497 e. The van der Waals surface area contributed by atoms with E-state index in [1.807, 2.05) is 60.7 Å². The summed E-state index contributed by atoms with van der Waals surface area (Å²) in [6.07, 6.45) is 1.70. The molecule has 0 saturated heterocycles. The van der Waals surface area contributed by atoms with E-state index in [9.17, 15) is 0 Å². The van der Waals surface area contributed by atoms with E-state index in [2.05, 4.69) is 22.7 Å². The van der Waals surface area contributed by atoms with E-state index in [1.165, 1.54) is 0 Å². The Bertz CT molecular complexity index is 1190. The highest BCUT2D eigenvalue weighted by Gasteiger charge is 2.15. The summed E-state index contributed by atoms with van der Waals surface area (Å²) in [6.45, 7) is 0. The Morgan fingerprint density at radius 3 is 2.42 bits per heavy atom. The van der Waals surface area contributed by atoms with Crippen LogP contribution in [0, 0.1) is 0 Å². The van der Waals surface area contributed by atoms with Crippen LogP contribution in [0.25, 0.3) is 21.7 Å². The van der Waals surface area contributed by atoms with Crippen LogP contribution in [0.5, 0.6) is 11.5 Å². The van der Waals surface area contributed by atoms with Crippen molar-refractivity contribution in [3.05, 3.63) is 83.4 Å². The van der Waals surface area contributed by atoms with E-state index in [0.29, 0.717) is 15.9 Å². The third-order valence-corrected chi connectivity index (χ3v) is 5.85. The molecule has 1 aromatic heterocycles. The van der Waals surface area contributed by atoms with E-state index in [1.54, 1.807) is 31.8 Å². The number of hydrogen-bond acceptors (Lipinski definition) is 6. The van der Waals surface area contributed by atoms with E-state index in [0.717, 1.165) is 33.0 Å². The Kier molecular flexibility index (Phi) is 6.50. The molecule has 0 spiro atoms. The maximum Gasteiger partial charge on any atom is 0.204 e. The molecule has 0 atom stereocenters. The van der Waals surface area contributed by atoms with Crippen LogP contribution < -0.4 is 14.9 Å². The minimum Gasteiger partial charge on any atom is -0.497 e.